The first-order chi connectivity index (χ1) is 14.3. The highest BCUT2D eigenvalue weighted by Crippen LogP contribution is 2.26. The number of nitrogens with zero attached hydrogens (tertiary/aromatic N) is 2. The van der Waals surface area contributed by atoms with Crippen LogP contribution in [0.25, 0.3) is 0 Å². The number of carbonyl (C=O) groups excluding carboxylic acids is 1. The number of benzene rings is 2. The number of carbonyl (C=O) groups is 1. The summed E-state index contributed by atoms with van der Waals surface area (Å²) in [6.07, 6.45) is 3.02. The van der Waals surface area contributed by atoms with Crippen molar-refractivity contribution in [2.75, 3.05) is 45.9 Å². The van der Waals surface area contributed by atoms with Gasteiger partial charge in [-0.15, -0.1) is 0 Å². The Bertz CT molecular complexity index is 801. The minimum absolute atomic E-state index is 0.144. The van der Waals surface area contributed by atoms with E-state index in [9.17, 15) is 4.79 Å². The number of piperazine rings is 1. The molecule has 0 unspecified atom stereocenters. The van der Waals surface area contributed by atoms with Crippen LogP contribution in [0.15, 0.2) is 48.5 Å². The molecule has 4 rings (SSSR count). The quantitative estimate of drug-likeness (QED) is 0.700. The average Bonchev–Trinajstić information content (AvgIpc) is 3.21. The summed E-state index contributed by atoms with van der Waals surface area (Å²) in [5, 5.41) is 3.07. The van der Waals surface area contributed by atoms with Gasteiger partial charge in [-0.05, 0) is 35.6 Å². The molecule has 5 nitrogen and oxygen atoms in total. The van der Waals surface area contributed by atoms with Gasteiger partial charge < -0.3 is 10.1 Å². The highest BCUT2D eigenvalue weighted by molar-refractivity contribution is 5.78. The molecule has 0 aliphatic carbocycles. The summed E-state index contributed by atoms with van der Waals surface area (Å²) in [5.74, 6) is 1.19. The van der Waals surface area contributed by atoms with Crippen molar-refractivity contribution in [3.05, 3.63) is 65.2 Å². The summed E-state index contributed by atoms with van der Waals surface area (Å²) in [6.45, 7) is 6.96. The maximum Gasteiger partial charge on any atom is 0.234 e. The monoisotopic (exact) mass is 393 g/mol. The number of ether oxygens (including phenoxy) is 1. The van der Waals surface area contributed by atoms with E-state index in [1.165, 1.54) is 16.7 Å². The molecular formula is C24H31N3O2. The van der Waals surface area contributed by atoms with Gasteiger partial charge in [-0.2, -0.15) is 0 Å². The highest BCUT2D eigenvalue weighted by atomic mass is 16.5. The second-order valence-corrected chi connectivity index (χ2v) is 8.03. The molecule has 2 aromatic rings. The van der Waals surface area contributed by atoms with E-state index < -0.39 is 0 Å². The first-order valence-electron chi connectivity index (χ1n) is 10.8. The Morgan fingerprint density at radius 1 is 0.966 bits per heavy atom. The van der Waals surface area contributed by atoms with E-state index >= 15 is 0 Å². The lowest BCUT2D eigenvalue weighted by Crippen LogP contribution is -2.49. The molecular weight excluding hydrogens is 362 g/mol. The van der Waals surface area contributed by atoms with Crippen LogP contribution in [-0.2, 0) is 24.2 Å². The van der Waals surface area contributed by atoms with Crippen molar-refractivity contribution in [2.24, 2.45) is 0 Å². The third-order valence-corrected chi connectivity index (χ3v) is 5.80. The minimum atomic E-state index is 0.144. The average molecular weight is 394 g/mol. The molecule has 2 aliphatic heterocycles. The number of amides is 1. The van der Waals surface area contributed by atoms with Gasteiger partial charge in [0.05, 0.1) is 13.2 Å². The van der Waals surface area contributed by atoms with Crippen molar-refractivity contribution < 1.29 is 9.53 Å². The maximum absolute atomic E-state index is 12.2. The lowest BCUT2D eigenvalue weighted by atomic mass is 10.1. The minimum Gasteiger partial charge on any atom is -0.493 e. The van der Waals surface area contributed by atoms with Crippen LogP contribution in [0.1, 0.15) is 23.1 Å². The Morgan fingerprint density at radius 3 is 2.59 bits per heavy atom. The maximum atomic E-state index is 12.2. The molecule has 2 heterocycles. The topological polar surface area (TPSA) is 44.8 Å². The van der Waals surface area contributed by atoms with E-state index in [1.807, 2.05) is 6.07 Å². The van der Waals surface area contributed by atoms with Crippen LogP contribution in [-0.4, -0.2) is 61.6 Å². The van der Waals surface area contributed by atoms with Crippen molar-refractivity contribution >= 4 is 5.91 Å². The van der Waals surface area contributed by atoms with Crippen LogP contribution in [0.5, 0.6) is 5.75 Å². The van der Waals surface area contributed by atoms with Crippen molar-refractivity contribution in [1.29, 1.82) is 0 Å². The van der Waals surface area contributed by atoms with E-state index in [0.717, 1.165) is 70.9 Å². The van der Waals surface area contributed by atoms with E-state index in [1.54, 1.807) is 0 Å². The lowest BCUT2D eigenvalue weighted by Gasteiger charge is -2.34. The van der Waals surface area contributed by atoms with Crippen LogP contribution in [0.2, 0.25) is 0 Å². The fourth-order valence-corrected chi connectivity index (χ4v) is 4.13. The zero-order valence-corrected chi connectivity index (χ0v) is 17.1. The number of fused-ring (bicyclic) bond motifs is 1. The molecule has 154 valence electrons. The second kappa shape index (κ2) is 9.90. The van der Waals surface area contributed by atoms with Gasteiger partial charge in [-0.1, -0.05) is 42.5 Å². The predicted octanol–water partition coefficient (Wildman–Crippen LogP) is 2.49. The van der Waals surface area contributed by atoms with Gasteiger partial charge in [-0.3, -0.25) is 14.6 Å². The fourth-order valence-electron chi connectivity index (χ4n) is 4.13. The van der Waals surface area contributed by atoms with Gasteiger partial charge in [0.15, 0.2) is 0 Å². The molecule has 5 heteroatoms. The van der Waals surface area contributed by atoms with Crippen molar-refractivity contribution in [2.45, 2.75) is 25.8 Å². The summed E-state index contributed by atoms with van der Waals surface area (Å²) in [6, 6.07) is 17.0. The predicted molar refractivity (Wildman–Crippen MR) is 115 cm³/mol. The molecule has 0 radical (unpaired) electrons. The Morgan fingerprint density at radius 2 is 1.76 bits per heavy atom. The van der Waals surface area contributed by atoms with Gasteiger partial charge >= 0.3 is 0 Å². The van der Waals surface area contributed by atoms with Crippen LogP contribution < -0.4 is 10.1 Å². The molecule has 0 bridgehead atoms. The second-order valence-electron chi connectivity index (χ2n) is 8.03. The molecule has 2 aliphatic rings. The van der Waals surface area contributed by atoms with Gasteiger partial charge in [0, 0.05) is 45.7 Å². The molecule has 1 saturated heterocycles. The largest absolute Gasteiger partial charge is 0.493 e. The summed E-state index contributed by atoms with van der Waals surface area (Å²) in [5.41, 5.74) is 4.03. The van der Waals surface area contributed by atoms with Gasteiger partial charge in [-0.25, -0.2) is 0 Å². The molecule has 1 N–H and O–H groups in total. The van der Waals surface area contributed by atoms with Gasteiger partial charge in [0.2, 0.25) is 5.91 Å². The number of hydrogen-bond acceptors (Lipinski definition) is 4. The number of nitrogens with one attached hydrogen (secondary N) is 1. The summed E-state index contributed by atoms with van der Waals surface area (Å²) in [4.78, 5) is 17.0. The van der Waals surface area contributed by atoms with E-state index in [2.05, 4.69) is 57.6 Å². The first kappa shape index (κ1) is 19.9. The molecule has 0 spiro atoms. The fraction of sp³-hybridized carbons (Fsp3) is 0.458. The van der Waals surface area contributed by atoms with Crippen molar-refractivity contribution in [1.82, 2.24) is 15.1 Å². The molecule has 2 aromatic carbocycles. The smallest absolute Gasteiger partial charge is 0.234 e. The molecule has 29 heavy (non-hydrogen) atoms. The summed E-state index contributed by atoms with van der Waals surface area (Å²) in [7, 11) is 0. The Hall–Kier alpha value is -2.37. The lowest BCUT2D eigenvalue weighted by molar-refractivity contribution is -0.122. The van der Waals surface area contributed by atoms with Crippen LogP contribution in [0.4, 0.5) is 0 Å². The zero-order chi connectivity index (χ0) is 19.9. The summed E-state index contributed by atoms with van der Waals surface area (Å²) >= 11 is 0. The Balaban J connectivity index is 1.12. The van der Waals surface area contributed by atoms with E-state index in [0.29, 0.717) is 6.54 Å². The zero-order valence-electron chi connectivity index (χ0n) is 17.1. The highest BCUT2D eigenvalue weighted by Gasteiger charge is 2.20. The molecule has 0 saturated carbocycles. The number of aryl methyl sites for hydroxylation is 1. The van der Waals surface area contributed by atoms with Crippen molar-refractivity contribution in [3.8, 4) is 5.75 Å². The summed E-state index contributed by atoms with van der Waals surface area (Å²) < 4.78 is 5.59. The van der Waals surface area contributed by atoms with Crippen molar-refractivity contribution in [3.63, 3.8) is 0 Å². The van der Waals surface area contributed by atoms with E-state index in [4.69, 9.17) is 4.74 Å². The third kappa shape index (κ3) is 5.81. The molecule has 1 amide bonds. The first-order valence-corrected chi connectivity index (χ1v) is 10.8. The Labute approximate surface area is 173 Å². The van der Waals surface area contributed by atoms with Crippen LogP contribution in [0, 0.1) is 0 Å². The standard InChI is InChI=1S/C24H31N3O2/c28-24(25-11-4-7-20-5-2-1-3-6-20)19-27-14-12-26(13-15-27)18-21-8-9-23-22(17-21)10-16-29-23/h1-3,5-6,8-9,17H,4,7,10-16,18-19H2,(H,25,28). The normalized spacial score (nSPS) is 17.0. The molecule has 0 aromatic heterocycles. The third-order valence-electron chi connectivity index (χ3n) is 5.80. The number of rotatable bonds is 8. The number of hydrogen-bond donors (Lipinski definition) is 1. The van der Waals surface area contributed by atoms with E-state index in [-0.39, 0.29) is 5.91 Å². The van der Waals surface area contributed by atoms with Gasteiger partial charge in [0.1, 0.15) is 5.75 Å². The SMILES string of the molecule is O=C(CN1CCN(Cc2ccc3c(c2)CCO3)CC1)NCCCc1ccccc1. The molecule has 0 atom stereocenters. The van der Waals surface area contributed by atoms with Crippen LogP contribution >= 0.6 is 0 Å². The Kier molecular flexibility index (Phi) is 6.80. The molecule has 1 fully saturated rings. The van der Waals surface area contributed by atoms with Crippen LogP contribution in [0.3, 0.4) is 0 Å². The van der Waals surface area contributed by atoms with Gasteiger partial charge in [0.25, 0.3) is 0 Å².